The lowest BCUT2D eigenvalue weighted by Crippen LogP contribution is -2.42. The molecule has 0 aliphatic carbocycles. The summed E-state index contributed by atoms with van der Waals surface area (Å²) >= 11 is 0. The molecule has 0 amide bonds. The fourth-order valence-corrected chi connectivity index (χ4v) is 4.10. The molecule has 1 aliphatic rings. The number of aromatic nitrogens is 6. The smallest absolute Gasteiger partial charge is 0.243 e. The van der Waals surface area contributed by atoms with Crippen molar-refractivity contribution >= 4 is 16.6 Å². The van der Waals surface area contributed by atoms with Crippen molar-refractivity contribution < 1.29 is 14.9 Å². The Balaban J connectivity index is 1.63. The first-order chi connectivity index (χ1) is 16.0. The van der Waals surface area contributed by atoms with Crippen LogP contribution in [0.15, 0.2) is 35.4 Å². The Morgan fingerprint density at radius 3 is 3.03 bits per heavy atom. The van der Waals surface area contributed by atoms with Gasteiger partial charge in [0.15, 0.2) is 0 Å². The number of aryl methyl sites for hydroxylation is 1. The molecule has 4 aromatic rings. The molecule has 1 aromatic carbocycles. The summed E-state index contributed by atoms with van der Waals surface area (Å²) in [6.07, 6.45) is -0.350. The number of benzene rings is 1. The maximum atomic E-state index is 14.5. The van der Waals surface area contributed by atoms with Gasteiger partial charge in [0.05, 0.1) is 26.6 Å². The molecule has 2 atom stereocenters. The third kappa shape index (κ3) is 3.62. The van der Waals surface area contributed by atoms with Crippen LogP contribution in [0.4, 0.5) is 8.78 Å². The van der Waals surface area contributed by atoms with E-state index >= 15 is 0 Å². The Kier molecular flexibility index (Phi) is 5.02. The van der Waals surface area contributed by atoms with Gasteiger partial charge in [-0.2, -0.15) is 4.98 Å². The SMILES string of the molecule is [2H]c1cc(-c2ccc3nnn(CCF)c3c2)c2c(OC)nc(=N[C@H]3CCN(C)C[C@H]3F)[nH]n12. The molecule has 168 valence electrons. The van der Waals surface area contributed by atoms with Gasteiger partial charge in [-0.15, -0.1) is 5.10 Å². The summed E-state index contributed by atoms with van der Waals surface area (Å²) in [5, 5.41) is 11.1. The van der Waals surface area contributed by atoms with E-state index in [4.69, 9.17) is 6.11 Å². The number of likely N-dealkylation sites (tertiary alicyclic amines) is 1. The van der Waals surface area contributed by atoms with Crippen molar-refractivity contribution in [2.24, 2.45) is 4.99 Å². The Hall–Kier alpha value is -3.34. The van der Waals surface area contributed by atoms with E-state index in [0.717, 1.165) is 12.1 Å². The average Bonchev–Trinajstić information content (AvgIpc) is 3.36. The first-order valence-electron chi connectivity index (χ1n) is 10.9. The molecule has 1 saturated heterocycles. The Bertz CT molecular complexity index is 1380. The maximum Gasteiger partial charge on any atom is 0.243 e. The molecular weight excluding hydrogens is 418 g/mol. The van der Waals surface area contributed by atoms with Crippen LogP contribution in [0.1, 0.15) is 7.79 Å². The Morgan fingerprint density at radius 2 is 2.25 bits per heavy atom. The second-order valence-electron chi connectivity index (χ2n) is 7.90. The van der Waals surface area contributed by atoms with Crippen LogP contribution in [0, 0.1) is 0 Å². The molecule has 5 rings (SSSR count). The number of halogens is 2. The predicted molar refractivity (Wildman–Crippen MR) is 115 cm³/mol. The van der Waals surface area contributed by atoms with E-state index in [0.29, 0.717) is 35.1 Å². The molecule has 1 aliphatic heterocycles. The number of alkyl halides is 2. The highest BCUT2D eigenvalue weighted by atomic mass is 19.1. The molecule has 1 fully saturated rings. The number of rotatable bonds is 5. The van der Waals surface area contributed by atoms with Gasteiger partial charge in [-0.25, -0.2) is 18.5 Å². The molecule has 0 spiro atoms. The zero-order valence-electron chi connectivity index (χ0n) is 18.8. The molecule has 32 heavy (non-hydrogen) atoms. The fraction of sp³-hybridized carbons (Fsp3) is 0.429. The lowest BCUT2D eigenvalue weighted by atomic mass is 10.0. The molecule has 0 unspecified atom stereocenters. The van der Waals surface area contributed by atoms with Crippen molar-refractivity contribution in [3.63, 3.8) is 0 Å². The van der Waals surface area contributed by atoms with Crippen molar-refractivity contribution in [2.45, 2.75) is 25.2 Å². The number of aromatic amines is 1. The summed E-state index contributed by atoms with van der Waals surface area (Å²) in [6, 6.07) is 6.67. The first kappa shape index (κ1) is 19.4. The van der Waals surface area contributed by atoms with Crippen molar-refractivity contribution in [3.8, 4) is 17.0 Å². The molecule has 9 nitrogen and oxygen atoms in total. The van der Waals surface area contributed by atoms with Gasteiger partial charge in [0, 0.05) is 24.8 Å². The van der Waals surface area contributed by atoms with Gasteiger partial charge in [-0.05, 0) is 37.2 Å². The van der Waals surface area contributed by atoms with Crippen molar-refractivity contribution in [1.29, 1.82) is 0 Å². The normalized spacial score (nSPS) is 20.9. The highest BCUT2D eigenvalue weighted by Gasteiger charge is 2.27. The lowest BCUT2D eigenvalue weighted by molar-refractivity contribution is 0.140. The monoisotopic (exact) mass is 443 g/mol. The summed E-state index contributed by atoms with van der Waals surface area (Å²) < 4.78 is 44.4. The Labute approximate surface area is 183 Å². The van der Waals surface area contributed by atoms with Crippen LogP contribution in [-0.2, 0) is 6.54 Å². The topological polar surface area (TPSA) is 88.6 Å². The zero-order valence-corrected chi connectivity index (χ0v) is 17.8. The summed E-state index contributed by atoms with van der Waals surface area (Å²) in [6.45, 7) is 0.629. The van der Waals surface area contributed by atoms with Crippen molar-refractivity contribution in [1.82, 2.24) is 34.5 Å². The van der Waals surface area contributed by atoms with Crippen LogP contribution in [0.2, 0.25) is 0 Å². The minimum atomic E-state index is -1.09. The minimum absolute atomic E-state index is 0.107. The van der Waals surface area contributed by atoms with Crippen LogP contribution < -0.4 is 10.4 Å². The van der Waals surface area contributed by atoms with Gasteiger partial charge in [-0.1, -0.05) is 11.3 Å². The maximum absolute atomic E-state index is 14.5. The van der Waals surface area contributed by atoms with Gasteiger partial charge in [0.1, 0.15) is 23.9 Å². The molecular formula is C21H24F2N8O. The van der Waals surface area contributed by atoms with Gasteiger partial charge < -0.3 is 9.64 Å². The molecule has 4 heterocycles. The van der Waals surface area contributed by atoms with E-state index < -0.39 is 18.9 Å². The molecule has 3 aromatic heterocycles. The third-order valence-corrected chi connectivity index (χ3v) is 5.75. The van der Waals surface area contributed by atoms with Crippen molar-refractivity contribution in [3.05, 3.63) is 36.1 Å². The standard InChI is InChI=1S/C21H24F2N8O/c1-29-8-6-16(15(23)12-29)24-21-25-20(32-2)19-14(5-9-31(19)27-21)13-3-4-17-18(11-13)30(10-7-22)28-26-17/h3-5,9,11,15-16H,6-8,10,12H2,1-2H3,(H,24,27)/t15-,16+/m1/s1/i9D. The molecule has 11 heteroatoms. The predicted octanol–water partition coefficient (Wildman–Crippen LogP) is 2.00. The molecule has 0 radical (unpaired) electrons. The number of H-pyrrole nitrogens is 1. The number of nitrogens with one attached hydrogen (secondary N) is 1. The van der Waals surface area contributed by atoms with Gasteiger partial charge >= 0.3 is 0 Å². The number of methoxy groups -OCH3 is 1. The number of fused-ring (bicyclic) bond motifs is 2. The highest BCUT2D eigenvalue weighted by Crippen LogP contribution is 2.31. The molecule has 0 bridgehead atoms. The second kappa shape index (κ2) is 8.30. The molecule has 0 saturated carbocycles. The quantitative estimate of drug-likeness (QED) is 0.510. The number of nitrogens with zero attached hydrogens (tertiary/aromatic N) is 7. The number of piperidine rings is 1. The van der Waals surface area contributed by atoms with Gasteiger partial charge in [0.2, 0.25) is 11.5 Å². The summed E-state index contributed by atoms with van der Waals surface area (Å²) in [7, 11) is 3.37. The van der Waals surface area contributed by atoms with E-state index in [-0.39, 0.29) is 24.2 Å². The zero-order chi connectivity index (χ0) is 23.1. The number of hydrogen-bond acceptors (Lipinski definition) is 6. The number of ether oxygens (including phenoxy) is 1. The third-order valence-electron chi connectivity index (χ3n) is 5.75. The van der Waals surface area contributed by atoms with Crippen LogP contribution in [0.3, 0.4) is 0 Å². The summed E-state index contributed by atoms with van der Waals surface area (Å²) in [4.78, 5) is 10.9. The summed E-state index contributed by atoms with van der Waals surface area (Å²) in [5.74, 6) is 0.264. The fourth-order valence-electron chi connectivity index (χ4n) is 4.10. The van der Waals surface area contributed by atoms with E-state index in [1.54, 1.807) is 12.1 Å². The van der Waals surface area contributed by atoms with Gasteiger partial charge in [-0.3, -0.25) is 9.61 Å². The van der Waals surface area contributed by atoms with Crippen molar-refractivity contribution in [2.75, 3.05) is 33.9 Å². The van der Waals surface area contributed by atoms with E-state index in [1.807, 2.05) is 24.1 Å². The Morgan fingerprint density at radius 1 is 1.38 bits per heavy atom. The van der Waals surface area contributed by atoms with Crippen LogP contribution in [-0.4, -0.2) is 80.6 Å². The largest absolute Gasteiger partial charge is 0.479 e. The van der Waals surface area contributed by atoms with E-state index in [2.05, 4.69) is 25.4 Å². The van der Waals surface area contributed by atoms with E-state index in [1.165, 1.54) is 16.3 Å². The minimum Gasteiger partial charge on any atom is -0.479 e. The lowest BCUT2D eigenvalue weighted by Gasteiger charge is -2.29. The van der Waals surface area contributed by atoms with Crippen LogP contribution in [0.5, 0.6) is 5.88 Å². The highest BCUT2D eigenvalue weighted by molar-refractivity contribution is 5.89. The summed E-state index contributed by atoms with van der Waals surface area (Å²) in [5.41, 5.74) is 3.56. The second-order valence-corrected chi connectivity index (χ2v) is 7.90. The number of hydrogen-bond donors (Lipinski definition) is 1. The average molecular weight is 443 g/mol. The van der Waals surface area contributed by atoms with Crippen LogP contribution >= 0.6 is 0 Å². The molecule has 1 N–H and O–H groups in total. The van der Waals surface area contributed by atoms with E-state index in [9.17, 15) is 8.78 Å². The van der Waals surface area contributed by atoms with Crippen LogP contribution in [0.25, 0.3) is 27.7 Å². The van der Waals surface area contributed by atoms with Gasteiger partial charge in [0.25, 0.3) is 0 Å². The first-order valence-corrected chi connectivity index (χ1v) is 10.4.